The fraction of sp³-hybridized carbons (Fsp3) is 0.0526. The van der Waals surface area contributed by atoms with Gasteiger partial charge >= 0.3 is 0 Å². The smallest absolute Gasteiger partial charge is 0.248 e. The Hall–Kier alpha value is -3.14. The molecule has 4 aromatic rings. The van der Waals surface area contributed by atoms with Crippen LogP contribution in [0.5, 0.6) is 0 Å². The summed E-state index contributed by atoms with van der Waals surface area (Å²) in [5.41, 5.74) is 4.36. The molecular formula is C19H15N3O. The molecule has 0 aliphatic rings. The normalized spacial score (nSPS) is 11.0. The molecule has 0 spiro atoms. The number of hydrogen-bond donors (Lipinski definition) is 1. The van der Waals surface area contributed by atoms with E-state index in [0.29, 0.717) is 0 Å². The first-order valence-corrected chi connectivity index (χ1v) is 7.48. The molecule has 4 rings (SSSR count). The molecule has 2 aromatic carbocycles. The Bertz CT molecular complexity index is 1020. The van der Waals surface area contributed by atoms with Gasteiger partial charge in [-0.15, -0.1) is 0 Å². The highest BCUT2D eigenvalue weighted by atomic mass is 16.1. The van der Waals surface area contributed by atoms with Gasteiger partial charge < -0.3 is 9.55 Å². The Kier molecular flexibility index (Phi) is 3.27. The molecule has 4 nitrogen and oxygen atoms in total. The first-order valence-electron chi connectivity index (χ1n) is 7.48. The minimum Gasteiger partial charge on any atom is -0.322 e. The number of benzene rings is 2. The van der Waals surface area contributed by atoms with Crippen LogP contribution in [0.2, 0.25) is 0 Å². The number of fused-ring (bicyclic) bond motifs is 1. The summed E-state index contributed by atoms with van der Waals surface area (Å²) in [5, 5.41) is 1.04. The fourth-order valence-electron chi connectivity index (χ4n) is 2.85. The highest BCUT2D eigenvalue weighted by Crippen LogP contribution is 2.20. The fourth-order valence-corrected chi connectivity index (χ4v) is 2.85. The SMILES string of the molecule is O=c1ccc2cc(Cc3ccccc3-n3ccnc3)ccc2[nH]1. The molecule has 0 radical (unpaired) electrons. The van der Waals surface area contributed by atoms with Gasteiger partial charge in [0, 0.05) is 29.7 Å². The van der Waals surface area contributed by atoms with Crippen molar-refractivity contribution in [3.8, 4) is 5.69 Å². The average Bonchev–Trinajstić information content (AvgIpc) is 3.10. The molecule has 0 unspecified atom stereocenters. The van der Waals surface area contributed by atoms with E-state index in [1.165, 1.54) is 11.1 Å². The first-order chi connectivity index (χ1) is 11.3. The minimum absolute atomic E-state index is 0.0734. The number of rotatable bonds is 3. The molecule has 2 heterocycles. The number of para-hydroxylation sites is 1. The number of H-pyrrole nitrogens is 1. The van der Waals surface area contributed by atoms with Crippen LogP contribution in [0.3, 0.4) is 0 Å². The van der Waals surface area contributed by atoms with Crippen molar-refractivity contribution >= 4 is 10.9 Å². The number of hydrogen-bond acceptors (Lipinski definition) is 2. The van der Waals surface area contributed by atoms with Crippen molar-refractivity contribution < 1.29 is 0 Å². The third kappa shape index (κ3) is 2.66. The molecule has 0 atom stereocenters. The van der Waals surface area contributed by atoms with E-state index in [0.717, 1.165) is 23.0 Å². The molecule has 0 fully saturated rings. The molecule has 0 saturated heterocycles. The average molecular weight is 301 g/mol. The van der Waals surface area contributed by atoms with Crippen LogP contribution in [-0.2, 0) is 6.42 Å². The number of nitrogens with one attached hydrogen (secondary N) is 1. The predicted octanol–water partition coefficient (Wildman–Crippen LogP) is 3.30. The lowest BCUT2D eigenvalue weighted by molar-refractivity contribution is 1.02. The summed E-state index contributed by atoms with van der Waals surface area (Å²) in [7, 11) is 0. The van der Waals surface area contributed by atoms with Gasteiger partial charge in [0.1, 0.15) is 0 Å². The van der Waals surface area contributed by atoms with Crippen LogP contribution in [0.1, 0.15) is 11.1 Å². The van der Waals surface area contributed by atoms with E-state index in [-0.39, 0.29) is 5.56 Å². The van der Waals surface area contributed by atoms with Gasteiger partial charge in [-0.3, -0.25) is 4.79 Å². The summed E-state index contributed by atoms with van der Waals surface area (Å²) < 4.78 is 2.02. The molecule has 2 aromatic heterocycles. The van der Waals surface area contributed by atoms with Gasteiger partial charge in [0.25, 0.3) is 0 Å². The summed E-state index contributed by atoms with van der Waals surface area (Å²) in [6.07, 6.45) is 6.36. The Morgan fingerprint density at radius 1 is 1.04 bits per heavy atom. The van der Waals surface area contributed by atoms with E-state index in [9.17, 15) is 4.79 Å². The minimum atomic E-state index is -0.0734. The van der Waals surface area contributed by atoms with E-state index in [2.05, 4.69) is 34.2 Å². The van der Waals surface area contributed by atoms with Crippen molar-refractivity contribution in [3.05, 3.63) is 94.8 Å². The summed E-state index contributed by atoms with van der Waals surface area (Å²) in [5.74, 6) is 0. The van der Waals surface area contributed by atoms with Crippen LogP contribution in [0.15, 0.2) is 78.1 Å². The van der Waals surface area contributed by atoms with Gasteiger partial charge in [-0.1, -0.05) is 24.3 Å². The van der Waals surface area contributed by atoms with E-state index in [1.807, 2.05) is 41.4 Å². The van der Waals surface area contributed by atoms with Gasteiger partial charge in [0.15, 0.2) is 0 Å². The molecule has 0 bridgehead atoms. The number of nitrogens with zero attached hydrogens (tertiary/aromatic N) is 2. The zero-order chi connectivity index (χ0) is 15.6. The highest BCUT2D eigenvalue weighted by molar-refractivity contribution is 5.79. The Balaban J connectivity index is 1.74. The summed E-state index contributed by atoms with van der Waals surface area (Å²) in [4.78, 5) is 18.3. The molecule has 112 valence electrons. The lowest BCUT2D eigenvalue weighted by Gasteiger charge is -2.10. The van der Waals surface area contributed by atoms with Crippen LogP contribution >= 0.6 is 0 Å². The van der Waals surface area contributed by atoms with Gasteiger partial charge in [0.2, 0.25) is 5.56 Å². The maximum absolute atomic E-state index is 11.4. The van der Waals surface area contributed by atoms with E-state index in [4.69, 9.17) is 0 Å². The summed E-state index contributed by atoms with van der Waals surface area (Å²) in [6.45, 7) is 0. The number of aromatic nitrogens is 3. The lowest BCUT2D eigenvalue weighted by Crippen LogP contribution is -2.02. The molecular weight excluding hydrogens is 286 g/mol. The molecule has 1 N–H and O–H groups in total. The van der Waals surface area contributed by atoms with Crippen LogP contribution < -0.4 is 5.56 Å². The Morgan fingerprint density at radius 2 is 1.96 bits per heavy atom. The van der Waals surface area contributed by atoms with E-state index in [1.54, 1.807) is 12.3 Å². The number of aromatic amines is 1. The summed E-state index contributed by atoms with van der Waals surface area (Å²) >= 11 is 0. The topological polar surface area (TPSA) is 50.7 Å². The van der Waals surface area contributed by atoms with Crippen molar-refractivity contribution in [3.63, 3.8) is 0 Å². The molecule has 0 aliphatic heterocycles. The van der Waals surface area contributed by atoms with Crippen molar-refractivity contribution in [2.45, 2.75) is 6.42 Å². The van der Waals surface area contributed by atoms with E-state index < -0.39 is 0 Å². The van der Waals surface area contributed by atoms with Gasteiger partial charge in [-0.2, -0.15) is 0 Å². The zero-order valence-electron chi connectivity index (χ0n) is 12.4. The van der Waals surface area contributed by atoms with Gasteiger partial charge in [-0.25, -0.2) is 4.98 Å². The predicted molar refractivity (Wildman–Crippen MR) is 90.9 cm³/mol. The zero-order valence-corrected chi connectivity index (χ0v) is 12.4. The van der Waals surface area contributed by atoms with Crippen molar-refractivity contribution in [1.29, 1.82) is 0 Å². The molecule has 23 heavy (non-hydrogen) atoms. The van der Waals surface area contributed by atoms with Gasteiger partial charge in [-0.05, 0) is 47.2 Å². The van der Waals surface area contributed by atoms with Crippen LogP contribution in [0.4, 0.5) is 0 Å². The molecule has 0 saturated carbocycles. The molecule has 0 amide bonds. The maximum atomic E-state index is 11.4. The lowest BCUT2D eigenvalue weighted by atomic mass is 10.0. The van der Waals surface area contributed by atoms with Gasteiger partial charge in [0.05, 0.1) is 6.33 Å². The molecule has 4 heteroatoms. The third-order valence-electron chi connectivity index (χ3n) is 3.96. The second-order valence-electron chi connectivity index (χ2n) is 5.52. The van der Waals surface area contributed by atoms with Crippen LogP contribution in [0, 0.1) is 0 Å². The largest absolute Gasteiger partial charge is 0.322 e. The second-order valence-corrected chi connectivity index (χ2v) is 5.52. The Morgan fingerprint density at radius 3 is 2.83 bits per heavy atom. The Labute approximate surface area is 133 Å². The number of pyridine rings is 1. The monoisotopic (exact) mass is 301 g/mol. The first kappa shape index (κ1) is 13.5. The summed E-state index contributed by atoms with van der Waals surface area (Å²) in [6, 6.07) is 17.9. The maximum Gasteiger partial charge on any atom is 0.248 e. The molecule has 0 aliphatic carbocycles. The van der Waals surface area contributed by atoms with Crippen molar-refractivity contribution in [2.75, 3.05) is 0 Å². The van der Waals surface area contributed by atoms with Crippen molar-refractivity contribution in [1.82, 2.24) is 14.5 Å². The standard InChI is InChI=1S/C19H15N3O/c23-19-8-6-15-11-14(5-7-17(15)21-19)12-16-3-1-2-4-18(16)22-10-9-20-13-22/h1-11,13H,12H2,(H,21,23). The van der Waals surface area contributed by atoms with E-state index >= 15 is 0 Å². The number of imidazole rings is 1. The van der Waals surface area contributed by atoms with Crippen molar-refractivity contribution in [2.24, 2.45) is 0 Å². The van der Waals surface area contributed by atoms with Crippen LogP contribution in [0.25, 0.3) is 16.6 Å². The second kappa shape index (κ2) is 5.57. The quantitative estimate of drug-likeness (QED) is 0.631. The highest BCUT2D eigenvalue weighted by Gasteiger charge is 2.05. The van der Waals surface area contributed by atoms with Crippen LogP contribution in [-0.4, -0.2) is 14.5 Å². The third-order valence-corrected chi connectivity index (χ3v) is 3.96.